The Morgan fingerprint density at radius 2 is 1.92 bits per heavy atom. The second-order valence-corrected chi connectivity index (χ2v) is 5.84. The highest BCUT2D eigenvalue weighted by Crippen LogP contribution is 2.28. The van der Waals surface area contributed by atoms with Crippen LogP contribution < -0.4 is 14.8 Å². The van der Waals surface area contributed by atoms with E-state index in [0.29, 0.717) is 13.2 Å². The lowest BCUT2D eigenvalue weighted by Crippen LogP contribution is -2.25. The lowest BCUT2D eigenvalue weighted by Gasteiger charge is -2.14. The predicted octanol–water partition coefficient (Wildman–Crippen LogP) is 4.03. The van der Waals surface area contributed by atoms with Crippen LogP contribution >= 0.6 is 0 Å². The van der Waals surface area contributed by atoms with Gasteiger partial charge in [-0.15, -0.1) is 0 Å². The molecule has 0 amide bonds. The van der Waals surface area contributed by atoms with Crippen LogP contribution in [0.25, 0.3) is 0 Å². The highest BCUT2D eigenvalue weighted by Gasteiger charge is 2.07. The Morgan fingerprint density at radius 3 is 2.52 bits per heavy atom. The molecule has 5 nitrogen and oxygen atoms in total. The molecule has 0 spiro atoms. The van der Waals surface area contributed by atoms with Gasteiger partial charge in [0.15, 0.2) is 0 Å². The second-order valence-electron chi connectivity index (χ2n) is 5.84. The van der Waals surface area contributed by atoms with Crippen molar-refractivity contribution in [3.05, 3.63) is 35.4 Å². The van der Waals surface area contributed by atoms with Gasteiger partial charge in [-0.1, -0.05) is 24.2 Å². The van der Waals surface area contributed by atoms with Gasteiger partial charge < -0.3 is 19.6 Å². The molecule has 25 heavy (non-hydrogen) atoms. The van der Waals surface area contributed by atoms with Crippen LogP contribution in [0.1, 0.15) is 37.8 Å². The van der Waals surface area contributed by atoms with Crippen LogP contribution in [0.3, 0.4) is 0 Å². The van der Waals surface area contributed by atoms with E-state index in [0.717, 1.165) is 54.3 Å². The highest BCUT2D eigenvalue weighted by molar-refractivity contribution is 5.85. The number of nitrogens with zero attached hydrogens (tertiary/aromatic N) is 1. The van der Waals surface area contributed by atoms with Crippen LogP contribution in [0, 0.1) is 13.8 Å². The van der Waals surface area contributed by atoms with Gasteiger partial charge in [0.1, 0.15) is 25.2 Å². The summed E-state index contributed by atoms with van der Waals surface area (Å²) in [5, 5.41) is 7.33. The molecular weight excluding hydrogens is 316 g/mol. The van der Waals surface area contributed by atoms with Gasteiger partial charge in [-0.25, -0.2) is 0 Å². The number of benzene rings is 1. The molecule has 1 rings (SSSR count). The van der Waals surface area contributed by atoms with Crippen molar-refractivity contribution in [2.24, 2.45) is 5.16 Å². The molecule has 0 bridgehead atoms. The minimum Gasteiger partial charge on any atom is -0.493 e. The fourth-order valence-corrected chi connectivity index (χ4v) is 2.42. The Labute approximate surface area is 152 Å². The van der Waals surface area contributed by atoms with Crippen molar-refractivity contribution in [2.45, 2.75) is 40.5 Å². The third-order valence-corrected chi connectivity index (χ3v) is 3.72. The second kappa shape index (κ2) is 12.4. The Morgan fingerprint density at radius 1 is 1.20 bits per heavy atom. The largest absolute Gasteiger partial charge is 0.493 e. The zero-order valence-electron chi connectivity index (χ0n) is 16.2. The maximum absolute atomic E-state index is 5.96. The summed E-state index contributed by atoms with van der Waals surface area (Å²) in [7, 11) is 1.57. The number of allylic oxidation sites excluding steroid dienone is 1. The van der Waals surface area contributed by atoms with Crippen molar-refractivity contribution < 1.29 is 14.3 Å². The molecule has 0 radical (unpaired) electrons. The third kappa shape index (κ3) is 8.07. The monoisotopic (exact) mass is 348 g/mol. The summed E-state index contributed by atoms with van der Waals surface area (Å²) in [4.78, 5) is 4.81. The first-order valence-corrected chi connectivity index (χ1v) is 8.89. The predicted molar refractivity (Wildman–Crippen MR) is 104 cm³/mol. The number of aryl methyl sites for hydroxylation is 2. The minimum absolute atomic E-state index is 0.591. The SMILES string of the molecule is C/C=C/COc1cc(C)c(OCCCNC/C(CC)=N/OC)c(C)c1. The molecule has 1 N–H and O–H groups in total. The summed E-state index contributed by atoms with van der Waals surface area (Å²) in [6, 6.07) is 4.05. The van der Waals surface area contributed by atoms with E-state index in [1.807, 2.05) is 31.2 Å². The summed E-state index contributed by atoms with van der Waals surface area (Å²) < 4.78 is 11.7. The van der Waals surface area contributed by atoms with Gasteiger partial charge >= 0.3 is 0 Å². The van der Waals surface area contributed by atoms with Gasteiger partial charge in [0.25, 0.3) is 0 Å². The van der Waals surface area contributed by atoms with Crippen molar-refractivity contribution in [3.8, 4) is 11.5 Å². The lowest BCUT2D eigenvalue weighted by molar-refractivity contribution is 0.212. The van der Waals surface area contributed by atoms with E-state index in [1.54, 1.807) is 7.11 Å². The fourth-order valence-electron chi connectivity index (χ4n) is 2.42. The number of ether oxygens (including phenoxy) is 2. The summed E-state index contributed by atoms with van der Waals surface area (Å²) in [5.74, 6) is 1.83. The maximum atomic E-state index is 5.96. The smallest absolute Gasteiger partial charge is 0.125 e. The van der Waals surface area contributed by atoms with E-state index in [1.165, 1.54) is 0 Å². The molecule has 0 heterocycles. The van der Waals surface area contributed by atoms with Crippen LogP contribution in [0.2, 0.25) is 0 Å². The van der Waals surface area contributed by atoms with Crippen LogP contribution in [-0.2, 0) is 4.84 Å². The van der Waals surface area contributed by atoms with E-state index >= 15 is 0 Å². The van der Waals surface area contributed by atoms with Gasteiger partial charge in [-0.05, 0) is 63.4 Å². The van der Waals surface area contributed by atoms with Crippen LogP contribution in [0.15, 0.2) is 29.4 Å². The molecule has 0 aromatic heterocycles. The van der Waals surface area contributed by atoms with Crippen molar-refractivity contribution >= 4 is 5.71 Å². The molecule has 5 heteroatoms. The first-order valence-electron chi connectivity index (χ1n) is 8.89. The van der Waals surface area contributed by atoms with Crippen molar-refractivity contribution in [1.29, 1.82) is 0 Å². The zero-order chi connectivity index (χ0) is 18.5. The maximum Gasteiger partial charge on any atom is 0.125 e. The molecule has 140 valence electrons. The summed E-state index contributed by atoms with van der Waals surface area (Å²) >= 11 is 0. The van der Waals surface area contributed by atoms with Crippen molar-refractivity contribution in [2.75, 3.05) is 33.4 Å². The Kier molecular flexibility index (Phi) is 10.4. The molecule has 0 unspecified atom stereocenters. The average Bonchev–Trinajstić information content (AvgIpc) is 2.59. The third-order valence-electron chi connectivity index (χ3n) is 3.72. The van der Waals surface area contributed by atoms with Gasteiger partial charge in [-0.3, -0.25) is 0 Å². The van der Waals surface area contributed by atoms with Gasteiger partial charge in [-0.2, -0.15) is 0 Å². The molecule has 1 aromatic rings. The quantitative estimate of drug-likeness (QED) is 0.268. The van der Waals surface area contributed by atoms with E-state index in [-0.39, 0.29) is 0 Å². The first kappa shape index (κ1) is 21.0. The zero-order valence-corrected chi connectivity index (χ0v) is 16.2. The Hall–Kier alpha value is -2.01. The topological polar surface area (TPSA) is 52.1 Å². The average molecular weight is 348 g/mol. The Balaban J connectivity index is 2.38. The van der Waals surface area contributed by atoms with E-state index < -0.39 is 0 Å². The van der Waals surface area contributed by atoms with Crippen LogP contribution in [0.5, 0.6) is 11.5 Å². The summed E-state index contributed by atoms with van der Waals surface area (Å²) in [6.07, 6.45) is 5.79. The lowest BCUT2D eigenvalue weighted by atomic mass is 10.1. The van der Waals surface area contributed by atoms with Crippen LogP contribution in [-0.4, -0.2) is 39.1 Å². The summed E-state index contributed by atoms with van der Waals surface area (Å²) in [6.45, 7) is 11.1. The Bertz CT molecular complexity index is 545. The molecule has 0 aliphatic heterocycles. The van der Waals surface area contributed by atoms with Crippen molar-refractivity contribution in [1.82, 2.24) is 5.32 Å². The minimum atomic E-state index is 0.591. The molecule has 0 aliphatic rings. The van der Waals surface area contributed by atoms with E-state index in [4.69, 9.17) is 14.3 Å². The standard InChI is InChI=1S/C20H32N2O3/c1-6-8-11-24-19-13-16(3)20(17(4)14-19)25-12-9-10-21-15-18(7-2)22-23-5/h6,8,13-14,21H,7,9-12,15H2,1-5H3/b8-6+,22-18+. The number of nitrogens with one attached hydrogen (secondary N) is 1. The molecule has 0 saturated heterocycles. The highest BCUT2D eigenvalue weighted by atomic mass is 16.6. The number of hydrogen-bond acceptors (Lipinski definition) is 5. The number of oxime groups is 1. The molecule has 0 saturated carbocycles. The van der Waals surface area contributed by atoms with E-state index in [2.05, 4.69) is 31.2 Å². The van der Waals surface area contributed by atoms with E-state index in [9.17, 15) is 0 Å². The van der Waals surface area contributed by atoms with Gasteiger partial charge in [0.05, 0.1) is 12.3 Å². The first-order chi connectivity index (χ1) is 12.1. The van der Waals surface area contributed by atoms with Crippen LogP contribution in [0.4, 0.5) is 0 Å². The molecule has 0 fully saturated rings. The number of hydrogen-bond donors (Lipinski definition) is 1. The van der Waals surface area contributed by atoms with Gasteiger partial charge in [0.2, 0.25) is 0 Å². The normalized spacial score (nSPS) is 11.8. The molecule has 0 aliphatic carbocycles. The van der Waals surface area contributed by atoms with Gasteiger partial charge in [0, 0.05) is 6.54 Å². The molecule has 0 atom stereocenters. The molecule has 1 aromatic carbocycles. The fraction of sp³-hybridized carbons (Fsp3) is 0.550. The molecular formula is C20H32N2O3. The summed E-state index contributed by atoms with van der Waals surface area (Å²) in [5.41, 5.74) is 3.22. The number of rotatable bonds is 12. The van der Waals surface area contributed by atoms with Crippen molar-refractivity contribution in [3.63, 3.8) is 0 Å².